The first kappa shape index (κ1) is 9.73. The van der Waals surface area contributed by atoms with Gasteiger partial charge in [0.15, 0.2) is 0 Å². The molecule has 0 aromatic carbocycles. The first-order valence-electron chi connectivity index (χ1n) is 4.92. The summed E-state index contributed by atoms with van der Waals surface area (Å²) >= 11 is 0. The fraction of sp³-hybridized carbons (Fsp3) is 0.889. The molecule has 0 unspecified atom stereocenters. The summed E-state index contributed by atoms with van der Waals surface area (Å²) < 4.78 is 5.02. The average Bonchev–Trinajstić information content (AvgIpc) is 2.37. The smallest absolute Gasteiger partial charge is 0.320 e. The van der Waals surface area contributed by atoms with E-state index in [1.807, 2.05) is 11.9 Å². The van der Waals surface area contributed by atoms with Crippen molar-refractivity contribution < 1.29 is 9.53 Å². The summed E-state index contributed by atoms with van der Waals surface area (Å²) in [6.07, 6.45) is 0. The molecule has 2 fully saturated rings. The molecule has 0 aromatic heterocycles. The van der Waals surface area contributed by atoms with Crippen LogP contribution in [-0.4, -0.2) is 68.3 Å². The number of rotatable bonds is 3. The molecule has 2 amide bonds. The van der Waals surface area contributed by atoms with Crippen molar-refractivity contribution in [3.05, 3.63) is 0 Å². The minimum Gasteiger partial charge on any atom is -0.383 e. The number of urea groups is 1. The van der Waals surface area contributed by atoms with Gasteiger partial charge in [-0.05, 0) is 0 Å². The minimum absolute atomic E-state index is 0.0460. The van der Waals surface area contributed by atoms with Gasteiger partial charge in [-0.1, -0.05) is 0 Å². The lowest BCUT2D eigenvalue weighted by molar-refractivity contribution is 0.0781. The van der Waals surface area contributed by atoms with Crippen LogP contribution in [0.3, 0.4) is 0 Å². The summed E-state index contributed by atoms with van der Waals surface area (Å²) in [5.41, 5.74) is 0.0460. The quantitative estimate of drug-likeness (QED) is 0.656. The van der Waals surface area contributed by atoms with Crippen molar-refractivity contribution >= 4 is 6.03 Å². The topological polar surface area (TPSA) is 44.8 Å². The zero-order valence-electron chi connectivity index (χ0n) is 8.75. The van der Waals surface area contributed by atoms with E-state index in [9.17, 15) is 4.79 Å². The van der Waals surface area contributed by atoms with Crippen LogP contribution in [0.1, 0.15) is 0 Å². The normalized spacial score (nSPS) is 24.6. The molecular formula is C9H17N3O2. The molecule has 14 heavy (non-hydrogen) atoms. The Hall–Kier alpha value is -0.810. The van der Waals surface area contributed by atoms with Gasteiger partial charge in [-0.25, -0.2) is 4.79 Å². The van der Waals surface area contributed by atoms with Crippen molar-refractivity contribution in [3.8, 4) is 0 Å². The Morgan fingerprint density at radius 2 is 2.29 bits per heavy atom. The molecule has 2 rings (SSSR count). The van der Waals surface area contributed by atoms with E-state index in [-0.39, 0.29) is 11.6 Å². The third kappa shape index (κ3) is 1.27. The molecule has 0 atom stereocenters. The number of amides is 2. The van der Waals surface area contributed by atoms with Crippen LogP contribution in [0.15, 0.2) is 0 Å². The molecule has 0 saturated carbocycles. The number of likely N-dealkylation sites (N-methyl/N-ethyl adjacent to an activating group) is 1. The Labute approximate surface area is 84.0 Å². The number of carbonyl (C=O) groups excluding carboxylic acids is 1. The Bertz CT molecular complexity index is 240. The summed E-state index contributed by atoms with van der Waals surface area (Å²) in [6.45, 7) is 3.96. The Morgan fingerprint density at radius 1 is 1.57 bits per heavy atom. The molecule has 2 heterocycles. The van der Waals surface area contributed by atoms with Gasteiger partial charge >= 0.3 is 6.03 Å². The molecule has 0 radical (unpaired) electrons. The van der Waals surface area contributed by atoms with Crippen molar-refractivity contribution in [2.24, 2.45) is 0 Å². The minimum atomic E-state index is 0.0460. The van der Waals surface area contributed by atoms with Crippen molar-refractivity contribution in [2.75, 3.05) is 46.9 Å². The third-order valence-electron chi connectivity index (χ3n) is 3.09. The third-order valence-corrected chi connectivity index (χ3v) is 3.09. The second-order valence-corrected chi connectivity index (χ2v) is 4.11. The van der Waals surface area contributed by atoms with Crippen LogP contribution in [-0.2, 0) is 4.74 Å². The van der Waals surface area contributed by atoms with Gasteiger partial charge in [-0.3, -0.25) is 0 Å². The molecule has 80 valence electrons. The van der Waals surface area contributed by atoms with E-state index in [0.717, 1.165) is 19.6 Å². The van der Waals surface area contributed by atoms with Crippen LogP contribution in [0, 0.1) is 0 Å². The number of nitrogens with zero attached hydrogens (tertiary/aromatic N) is 2. The molecule has 2 aliphatic rings. The second kappa shape index (κ2) is 3.40. The predicted molar refractivity (Wildman–Crippen MR) is 52.2 cm³/mol. The maximum atomic E-state index is 11.8. The first-order valence-corrected chi connectivity index (χ1v) is 4.92. The molecule has 0 bridgehead atoms. The zero-order chi connectivity index (χ0) is 10.2. The Kier molecular flexibility index (Phi) is 2.36. The molecular weight excluding hydrogens is 182 g/mol. The van der Waals surface area contributed by atoms with E-state index in [0.29, 0.717) is 13.2 Å². The summed E-state index contributed by atoms with van der Waals surface area (Å²) in [5.74, 6) is 0. The van der Waals surface area contributed by atoms with E-state index in [4.69, 9.17) is 4.74 Å². The number of ether oxygens (including phenoxy) is 1. The molecule has 1 N–H and O–H groups in total. The lowest BCUT2D eigenvalue weighted by atomic mass is 9.92. The van der Waals surface area contributed by atoms with Crippen molar-refractivity contribution in [3.63, 3.8) is 0 Å². The van der Waals surface area contributed by atoms with Crippen molar-refractivity contribution in [1.82, 2.24) is 15.1 Å². The van der Waals surface area contributed by atoms with Gasteiger partial charge in [0, 0.05) is 40.3 Å². The zero-order valence-corrected chi connectivity index (χ0v) is 8.75. The molecule has 1 spiro atoms. The number of hydrogen-bond donors (Lipinski definition) is 1. The second-order valence-electron chi connectivity index (χ2n) is 4.11. The van der Waals surface area contributed by atoms with Gasteiger partial charge in [-0.2, -0.15) is 0 Å². The summed E-state index contributed by atoms with van der Waals surface area (Å²) in [6, 6.07) is 0.128. The van der Waals surface area contributed by atoms with E-state index in [1.165, 1.54) is 0 Å². The fourth-order valence-electron chi connectivity index (χ4n) is 2.24. The average molecular weight is 199 g/mol. The van der Waals surface area contributed by atoms with E-state index >= 15 is 0 Å². The molecule has 5 heteroatoms. The van der Waals surface area contributed by atoms with Gasteiger partial charge in [0.2, 0.25) is 0 Å². The van der Waals surface area contributed by atoms with Crippen LogP contribution in [0.25, 0.3) is 0 Å². The van der Waals surface area contributed by atoms with Crippen LogP contribution in [0.2, 0.25) is 0 Å². The molecule has 2 saturated heterocycles. The van der Waals surface area contributed by atoms with E-state index in [1.54, 1.807) is 12.0 Å². The maximum Gasteiger partial charge on any atom is 0.320 e. The first-order chi connectivity index (χ1) is 6.69. The predicted octanol–water partition coefficient (Wildman–Crippen LogP) is -0.658. The summed E-state index contributed by atoms with van der Waals surface area (Å²) in [4.78, 5) is 15.5. The summed E-state index contributed by atoms with van der Waals surface area (Å²) in [5, 5.41) is 3.23. The molecule has 2 aliphatic heterocycles. The lowest BCUT2D eigenvalue weighted by Crippen LogP contribution is -2.68. The van der Waals surface area contributed by atoms with Gasteiger partial charge in [0.25, 0.3) is 0 Å². The van der Waals surface area contributed by atoms with Crippen molar-refractivity contribution in [1.29, 1.82) is 0 Å². The van der Waals surface area contributed by atoms with E-state index < -0.39 is 0 Å². The molecule has 0 aromatic rings. The summed E-state index contributed by atoms with van der Waals surface area (Å²) in [7, 11) is 3.52. The Morgan fingerprint density at radius 3 is 2.79 bits per heavy atom. The van der Waals surface area contributed by atoms with Crippen LogP contribution in [0.5, 0.6) is 0 Å². The number of methoxy groups -OCH3 is 1. The highest BCUT2D eigenvalue weighted by Gasteiger charge is 2.51. The fourth-order valence-corrected chi connectivity index (χ4v) is 2.24. The van der Waals surface area contributed by atoms with E-state index in [2.05, 4.69) is 5.32 Å². The van der Waals surface area contributed by atoms with Crippen LogP contribution >= 0.6 is 0 Å². The van der Waals surface area contributed by atoms with Gasteiger partial charge in [-0.15, -0.1) is 0 Å². The number of nitrogens with one attached hydrogen (secondary N) is 1. The number of hydrogen-bond acceptors (Lipinski definition) is 3. The highest BCUT2D eigenvalue weighted by atomic mass is 16.5. The maximum absolute atomic E-state index is 11.8. The number of carbonyl (C=O) groups is 1. The van der Waals surface area contributed by atoms with Gasteiger partial charge in [0.1, 0.15) is 0 Å². The molecule has 5 nitrogen and oxygen atoms in total. The highest BCUT2D eigenvalue weighted by Crippen LogP contribution is 2.28. The monoisotopic (exact) mass is 199 g/mol. The van der Waals surface area contributed by atoms with Crippen LogP contribution in [0.4, 0.5) is 4.79 Å². The van der Waals surface area contributed by atoms with Gasteiger partial charge in [0.05, 0.1) is 12.1 Å². The lowest BCUT2D eigenvalue weighted by Gasteiger charge is -2.44. The van der Waals surface area contributed by atoms with Crippen LogP contribution < -0.4 is 5.32 Å². The van der Waals surface area contributed by atoms with Crippen molar-refractivity contribution in [2.45, 2.75) is 5.54 Å². The highest BCUT2D eigenvalue weighted by molar-refractivity contribution is 5.78. The SMILES string of the molecule is COCCN1C(=O)N(C)CC12CNC2. The Balaban J connectivity index is 2.06. The standard InChI is InChI=1S/C9H17N3O2/c1-11-7-9(5-10-6-9)12(8(11)13)3-4-14-2/h10H,3-7H2,1-2H3. The molecule has 0 aliphatic carbocycles. The van der Waals surface area contributed by atoms with Gasteiger partial charge < -0.3 is 19.9 Å². The largest absolute Gasteiger partial charge is 0.383 e.